The Hall–Kier alpha value is -2.29. The number of carbonyl (C=O) groups excluding carboxylic acids is 1. The molecule has 0 aliphatic carbocycles. The van der Waals surface area contributed by atoms with Crippen molar-refractivity contribution < 1.29 is 4.79 Å². The third-order valence-corrected chi connectivity index (χ3v) is 3.28. The van der Waals surface area contributed by atoms with Crippen molar-refractivity contribution in [1.82, 2.24) is 35.0 Å². The molecule has 2 N–H and O–H groups in total. The van der Waals surface area contributed by atoms with Gasteiger partial charge < -0.3 is 10.6 Å². The average molecular weight is 307 g/mol. The maximum atomic E-state index is 12.1. The Morgan fingerprint density at radius 1 is 1.27 bits per heavy atom. The largest absolute Gasteiger partial charge is 0.352 e. The van der Waals surface area contributed by atoms with Crippen molar-refractivity contribution >= 4 is 11.6 Å². The molecule has 0 aromatic carbocycles. The summed E-state index contributed by atoms with van der Waals surface area (Å²) in [5, 5.41) is 13.6. The molecule has 0 aliphatic rings. The first-order valence-corrected chi connectivity index (χ1v) is 7.41. The van der Waals surface area contributed by atoms with Crippen molar-refractivity contribution in [1.29, 1.82) is 0 Å². The Balaban J connectivity index is 1.88. The molecule has 0 radical (unpaired) electrons. The van der Waals surface area contributed by atoms with Crippen LogP contribution in [-0.4, -0.2) is 49.9 Å². The predicted molar refractivity (Wildman–Crippen MR) is 80.8 cm³/mol. The molecule has 2 rings (SSSR count). The second kappa shape index (κ2) is 7.64. The molecule has 0 bridgehead atoms. The van der Waals surface area contributed by atoms with Crippen molar-refractivity contribution in [3.63, 3.8) is 0 Å². The third kappa shape index (κ3) is 3.67. The zero-order chi connectivity index (χ0) is 15.9. The molecule has 9 nitrogen and oxygen atoms in total. The summed E-state index contributed by atoms with van der Waals surface area (Å²) in [6.07, 6.45) is 4.31. The van der Waals surface area contributed by atoms with Crippen molar-refractivity contribution in [3.05, 3.63) is 22.5 Å². The number of hydrogen-bond donors (Lipinski definition) is 2. The van der Waals surface area contributed by atoms with Crippen LogP contribution >= 0.6 is 0 Å². The van der Waals surface area contributed by atoms with Crippen molar-refractivity contribution in [2.75, 3.05) is 19.6 Å². The number of aryl methyl sites for hydroxylation is 1. The SMILES string of the molecule is CCNCCCCCNC(=O)c1ncn2c(=O)n(C)nnc12. The topological polar surface area (TPSA) is 106 Å². The minimum Gasteiger partial charge on any atom is -0.351 e. The number of rotatable bonds is 8. The third-order valence-electron chi connectivity index (χ3n) is 3.28. The van der Waals surface area contributed by atoms with E-state index in [1.54, 1.807) is 0 Å². The monoisotopic (exact) mass is 307 g/mol. The number of hydrogen-bond acceptors (Lipinski definition) is 6. The zero-order valence-corrected chi connectivity index (χ0v) is 12.9. The van der Waals surface area contributed by atoms with Crippen LogP contribution in [0.15, 0.2) is 11.1 Å². The summed E-state index contributed by atoms with van der Waals surface area (Å²) >= 11 is 0. The highest BCUT2D eigenvalue weighted by atomic mass is 16.2. The minimum absolute atomic E-state index is 0.123. The van der Waals surface area contributed by atoms with Gasteiger partial charge in [0.05, 0.1) is 0 Å². The van der Waals surface area contributed by atoms with E-state index >= 15 is 0 Å². The van der Waals surface area contributed by atoms with Gasteiger partial charge in [-0.25, -0.2) is 14.2 Å². The quantitative estimate of drug-likeness (QED) is 0.627. The lowest BCUT2D eigenvalue weighted by atomic mass is 10.2. The second-order valence-electron chi connectivity index (χ2n) is 4.95. The van der Waals surface area contributed by atoms with Crippen molar-refractivity contribution in [2.45, 2.75) is 26.2 Å². The van der Waals surface area contributed by atoms with E-state index in [4.69, 9.17) is 0 Å². The molecule has 120 valence electrons. The van der Waals surface area contributed by atoms with Crippen LogP contribution in [0.1, 0.15) is 36.7 Å². The Kier molecular flexibility index (Phi) is 5.59. The minimum atomic E-state index is -0.389. The number of nitrogens with zero attached hydrogens (tertiary/aromatic N) is 5. The lowest BCUT2D eigenvalue weighted by Gasteiger charge is -2.04. The van der Waals surface area contributed by atoms with Gasteiger partial charge in [0.1, 0.15) is 6.33 Å². The van der Waals surface area contributed by atoms with E-state index in [1.807, 2.05) is 0 Å². The first kappa shape index (κ1) is 16.1. The first-order valence-electron chi connectivity index (χ1n) is 7.41. The highest BCUT2D eigenvalue weighted by Crippen LogP contribution is 2.02. The number of nitrogens with one attached hydrogen (secondary N) is 2. The fourth-order valence-corrected chi connectivity index (χ4v) is 2.06. The molecule has 2 heterocycles. The van der Waals surface area contributed by atoms with Gasteiger partial charge in [0, 0.05) is 13.6 Å². The van der Waals surface area contributed by atoms with E-state index in [0.717, 1.165) is 37.0 Å². The van der Waals surface area contributed by atoms with E-state index in [9.17, 15) is 9.59 Å². The molecule has 2 aromatic heterocycles. The van der Waals surface area contributed by atoms with Crippen LogP contribution < -0.4 is 16.3 Å². The summed E-state index contributed by atoms with van der Waals surface area (Å²) in [5.74, 6) is -0.336. The van der Waals surface area contributed by atoms with Crippen molar-refractivity contribution in [3.8, 4) is 0 Å². The van der Waals surface area contributed by atoms with Crippen LogP contribution in [-0.2, 0) is 7.05 Å². The summed E-state index contributed by atoms with van der Waals surface area (Å²) in [6.45, 7) is 4.62. The van der Waals surface area contributed by atoms with Gasteiger partial charge in [0.25, 0.3) is 5.91 Å². The molecule has 9 heteroatoms. The van der Waals surface area contributed by atoms with Gasteiger partial charge >= 0.3 is 5.69 Å². The zero-order valence-electron chi connectivity index (χ0n) is 12.9. The molecule has 0 saturated heterocycles. The first-order chi connectivity index (χ1) is 10.6. The van der Waals surface area contributed by atoms with Gasteiger partial charge in [-0.3, -0.25) is 4.79 Å². The standard InChI is InChI=1S/C13H21N7O2/c1-3-14-7-5-4-6-8-15-12(21)10-11-17-18-19(2)13(22)20(11)9-16-10/h9,14H,3-8H2,1-2H3,(H,15,21). The Morgan fingerprint density at radius 2 is 2.05 bits per heavy atom. The van der Waals surface area contributed by atoms with E-state index < -0.39 is 0 Å². The lowest BCUT2D eigenvalue weighted by molar-refractivity contribution is 0.0950. The fraction of sp³-hybridized carbons (Fsp3) is 0.615. The Morgan fingerprint density at radius 3 is 2.82 bits per heavy atom. The smallest absolute Gasteiger partial charge is 0.351 e. The fourth-order valence-electron chi connectivity index (χ4n) is 2.06. The van der Waals surface area contributed by atoms with Crippen LogP contribution in [0.3, 0.4) is 0 Å². The van der Waals surface area contributed by atoms with Crippen LogP contribution in [0.25, 0.3) is 5.65 Å². The second-order valence-corrected chi connectivity index (χ2v) is 4.95. The summed E-state index contributed by atoms with van der Waals surface area (Å²) in [6, 6.07) is 0. The average Bonchev–Trinajstić information content (AvgIpc) is 2.94. The highest BCUT2D eigenvalue weighted by molar-refractivity contribution is 5.97. The molecule has 0 fully saturated rings. The number of fused-ring (bicyclic) bond motifs is 1. The molecule has 0 aliphatic heterocycles. The van der Waals surface area contributed by atoms with E-state index in [2.05, 4.69) is 32.9 Å². The molecule has 0 unspecified atom stereocenters. The van der Waals surface area contributed by atoms with Gasteiger partial charge in [-0.05, 0) is 25.9 Å². The van der Waals surface area contributed by atoms with Crippen molar-refractivity contribution in [2.24, 2.45) is 7.05 Å². The predicted octanol–water partition coefficient (Wildman–Crippen LogP) is -0.667. The Bertz CT molecular complexity index is 691. The maximum absolute atomic E-state index is 12.1. The number of imidazole rings is 1. The summed E-state index contributed by atoms with van der Waals surface area (Å²) in [7, 11) is 1.49. The summed E-state index contributed by atoms with van der Waals surface area (Å²) in [5.41, 5.74) is -0.0921. The molecule has 1 amide bonds. The normalized spacial score (nSPS) is 11.0. The van der Waals surface area contributed by atoms with Crippen LogP contribution in [0, 0.1) is 0 Å². The van der Waals surface area contributed by atoms with Crippen LogP contribution in [0.5, 0.6) is 0 Å². The van der Waals surface area contributed by atoms with Gasteiger partial charge in [0.15, 0.2) is 11.3 Å². The van der Waals surface area contributed by atoms with Crippen LogP contribution in [0.4, 0.5) is 0 Å². The van der Waals surface area contributed by atoms with Gasteiger partial charge in [-0.1, -0.05) is 18.6 Å². The maximum Gasteiger partial charge on any atom is 0.352 e. The lowest BCUT2D eigenvalue weighted by Crippen LogP contribution is -2.29. The van der Waals surface area contributed by atoms with Crippen LogP contribution in [0.2, 0.25) is 0 Å². The van der Waals surface area contributed by atoms with Gasteiger partial charge in [-0.2, -0.15) is 4.68 Å². The highest BCUT2D eigenvalue weighted by Gasteiger charge is 2.16. The van der Waals surface area contributed by atoms with Gasteiger partial charge in [-0.15, -0.1) is 5.10 Å². The number of aromatic nitrogens is 5. The summed E-state index contributed by atoms with van der Waals surface area (Å²) < 4.78 is 2.29. The number of unbranched alkanes of at least 4 members (excludes halogenated alkanes) is 2. The molecular weight excluding hydrogens is 286 g/mol. The number of carbonyl (C=O) groups is 1. The molecule has 0 saturated carbocycles. The molecule has 2 aromatic rings. The Labute approximate surface area is 127 Å². The van der Waals surface area contributed by atoms with E-state index in [1.165, 1.54) is 17.8 Å². The van der Waals surface area contributed by atoms with E-state index in [0.29, 0.717) is 6.54 Å². The molecule has 0 spiro atoms. The summed E-state index contributed by atoms with van der Waals surface area (Å²) in [4.78, 5) is 27.8. The number of amides is 1. The van der Waals surface area contributed by atoms with Gasteiger partial charge in [0.2, 0.25) is 0 Å². The molecule has 0 atom stereocenters. The molecule has 22 heavy (non-hydrogen) atoms. The molecular formula is C13H21N7O2. The van der Waals surface area contributed by atoms with E-state index in [-0.39, 0.29) is 22.9 Å².